The molecule has 0 bridgehead atoms. The van der Waals surface area contributed by atoms with E-state index in [1.807, 2.05) is 12.3 Å². The highest BCUT2D eigenvalue weighted by molar-refractivity contribution is 7.98. The Balaban J connectivity index is 1.71. The highest BCUT2D eigenvalue weighted by Gasteiger charge is 2.07. The van der Waals surface area contributed by atoms with E-state index in [2.05, 4.69) is 43.2 Å². The number of H-pyrrole nitrogens is 1. The number of hydrogen-bond acceptors (Lipinski definition) is 6. The number of nitrogens with zero attached hydrogens (tertiary/aromatic N) is 4. The minimum absolute atomic E-state index is 0.693. The van der Waals surface area contributed by atoms with E-state index in [-0.39, 0.29) is 0 Å². The van der Waals surface area contributed by atoms with Crippen molar-refractivity contribution in [2.24, 2.45) is 0 Å². The van der Waals surface area contributed by atoms with E-state index in [1.54, 1.807) is 18.1 Å². The lowest BCUT2D eigenvalue weighted by atomic mass is 10.3. The van der Waals surface area contributed by atoms with Crippen LogP contribution in [0.4, 0.5) is 5.69 Å². The van der Waals surface area contributed by atoms with Crippen LogP contribution in [0.3, 0.4) is 0 Å². The Morgan fingerprint density at radius 1 is 1.24 bits per heavy atom. The second-order valence-electron chi connectivity index (χ2n) is 4.53. The first-order chi connectivity index (χ1) is 10.4. The van der Waals surface area contributed by atoms with Crippen LogP contribution in [-0.4, -0.2) is 31.5 Å². The Kier molecular flexibility index (Phi) is 4.30. The minimum Gasteiger partial charge on any atom is -0.385 e. The summed E-state index contributed by atoms with van der Waals surface area (Å²) >= 11 is 1.63. The maximum Gasteiger partial charge on any atom is 0.181 e. The SMILES string of the molecule is CCCNc1ccnc(CSc2ncnc3nc[nH]c23)c1. The Morgan fingerprint density at radius 2 is 2.19 bits per heavy atom. The molecule has 0 saturated carbocycles. The second-order valence-corrected chi connectivity index (χ2v) is 5.50. The zero-order chi connectivity index (χ0) is 14.5. The van der Waals surface area contributed by atoms with Gasteiger partial charge in [-0.1, -0.05) is 18.7 Å². The van der Waals surface area contributed by atoms with Crippen molar-refractivity contribution in [3.63, 3.8) is 0 Å². The van der Waals surface area contributed by atoms with E-state index >= 15 is 0 Å². The normalized spacial score (nSPS) is 10.9. The highest BCUT2D eigenvalue weighted by atomic mass is 32.2. The molecule has 0 radical (unpaired) electrons. The maximum atomic E-state index is 4.40. The van der Waals surface area contributed by atoms with Gasteiger partial charge in [0.1, 0.15) is 16.9 Å². The summed E-state index contributed by atoms with van der Waals surface area (Å²) in [6.07, 6.45) is 6.11. The quantitative estimate of drug-likeness (QED) is 0.538. The number of thioether (sulfide) groups is 1. The maximum absolute atomic E-state index is 4.40. The molecule has 3 heterocycles. The molecule has 108 valence electrons. The smallest absolute Gasteiger partial charge is 0.181 e. The number of imidazole rings is 1. The molecule has 0 fully saturated rings. The van der Waals surface area contributed by atoms with Crippen LogP contribution in [0.5, 0.6) is 0 Å². The van der Waals surface area contributed by atoms with Crippen molar-refractivity contribution >= 4 is 28.6 Å². The Labute approximate surface area is 126 Å². The third kappa shape index (κ3) is 3.30. The zero-order valence-electron chi connectivity index (χ0n) is 11.7. The number of anilines is 1. The van der Waals surface area contributed by atoms with Crippen molar-refractivity contribution in [3.8, 4) is 0 Å². The van der Waals surface area contributed by atoms with Crippen LogP contribution in [0, 0.1) is 0 Å². The number of aromatic nitrogens is 5. The van der Waals surface area contributed by atoms with E-state index in [4.69, 9.17) is 0 Å². The van der Waals surface area contributed by atoms with Gasteiger partial charge in [-0.05, 0) is 18.6 Å². The summed E-state index contributed by atoms with van der Waals surface area (Å²) < 4.78 is 0. The van der Waals surface area contributed by atoms with Gasteiger partial charge in [-0.25, -0.2) is 15.0 Å². The summed E-state index contributed by atoms with van der Waals surface area (Å²) in [5, 5.41) is 4.26. The van der Waals surface area contributed by atoms with Crippen LogP contribution in [0.15, 0.2) is 36.0 Å². The molecule has 3 aromatic rings. The van der Waals surface area contributed by atoms with Gasteiger partial charge >= 0.3 is 0 Å². The summed E-state index contributed by atoms with van der Waals surface area (Å²) in [4.78, 5) is 20.0. The summed E-state index contributed by atoms with van der Waals surface area (Å²) in [7, 11) is 0. The monoisotopic (exact) mass is 300 g/mol. The topological polar surface area (TPSA) is 79.4 Å². The van der Waals surface area contributed by atoms with Crippen molar-refractivity contribution in [2.45, 2.75) is 24.1 Å². The van der Waals surface area contributed by atoms with Crippen LogP contribution in [0.2, 0.25) is 0 Å². The molecular formula is C14H16N6S. The molecule has 2 N–H and O–H groups in total. The van der Waals surface area contributed by atoms with Gasteiger partial charge in [-0.2, -0.15) is 0 Å². The van der Waals surface area contributed by atoms with E-state index in [9.17, 15) is 0 Å². The lowest BCUT2D eigenvalue weighted by molar-refractivity contribution is 0.977. The molecule has 0 amide bonds. The van der Waals surface area contributed by atoms with Crippen molar-refractivity contribution < 1.29 is 0 Å². The van der Waals surface area contributed by atoms with Crippen LogP contribution in [0.25, 0.3) is 11.2 Å². The van der Waals surface area contributed by atoms with Gasteiger partial charge < -0.3 is 10.3 Å². The predicted octanol–water partition coefficient (Wildman–Crippen LogP) is 2.86. The average Bonchev–Trinajstić information content (AvgIpc) is 3.00. The van der Waals surface area contributed by atoms with E-state index < -0.39 is 0 Å². The van der Waals surface area contributed by atoms with Crippen molar-refractivity contribution in [3.05, 3.63) is 36.7 Å². The van der Waals surface area contributed by atoms with Gasteiger partial charge in [0.05, 0.1) is 12.0 Å². The van der Waals surface area contributed by atoms with Gasteiger partial charge in [-0.3, -0.25) is 4.98 Å². The molecule has 0 aliphatic carbocycles. The second kappa shape index (κ2) is 6.53. The molecule has 7 heteroatoms. The highest BCUT2D eigenvalue weighted by Crippen LogP contribution is 2.25. The van der Waals surface area contributed by atoms with E-state index in [1.165, 1.54) is 6.33 Å². The molecule has 21 heavy (non-hydrogen) atoms. The largest absolute Gasteiger partial charge is 0.385 e. The fraction of sp³-hybridized carbons (Fsp3) is 0.286. The molecule has 3 aromatic heterocycles. The Hall–Kier alpha value is -2.15. The zero-order valence-corrected chi connectivity index (χ0v) is 12.5. The third-order valence-electron chi connectivity index (χ3n) is 2.94. The van der Waals surface area contributed by atoms with Gasteiger partial charge in [0, 0.05) is 24.2 Å². The van der Waals surface area contributed by atoms with Gasteiger partial charge in [0.15, 0.2) is 5.65 Å². The number of aromatic amines is 1. The number of hydrogen-bond donors (Lipinski definition) is 2. The summed E-state index contributed by atoms with van der Waals surface area (Å²) in [6.45, 7) is 3.12. The molecule has 6 nitrogen and oxygen atoms in total. The Bertz CT molecular complexity index is 726. The first-order valence-corrected chi connectivity index (χ1v) is 7.81. The molecule has 0 aliphatic heterocycles. The van der Waals surface area contributed by atoms with Gasteiger partial charge in [-0.15, -0.1) is 0 Å². The van der Waals surface area contributed by atoms with Crippen molar-refractivity contribution in [2.75, 3.05) is 11.9 Å². The van der Waals surface area contributed by atoms with Crippen molar-refractivity contribution in [1.82, 2.24) is 24.9 Å². The summed E-state index contributed by atoms with van der Waals surface area (Å²) in [5.74, 6) is 0.757. The molecule has 0 saturated heterocycles. The predicted molar refractivity (Wildman–Crippen MR) is 84.3 cm³/mol. The van der Waals surface area contributed by atoms with Crippen LogP contribution < -0.4 is 5.32 Å². The fourth-order valence-corrected chi connectivity index (χ4v) is 2.79. The lowest BCUT2D eigenvalue weighted by Crippen LogP contribution is -2.00. The minimum atomic E-state index is 0.693. The molecule has 0 spiro atoms. The molecule has 0 aliphatic rings. The van der Waals surface area contributed by atoms with E-state index in [0.717, 1.165) is 40.6 Å². The van der Waals surface area contributed by atoms with Gasteiger partial charge in [0.2, 0.25) is 0 Å². The van der Waals surface area contributed by atoms with Crippen LogP contribution in [0.1, 0.15) is 19.0 Å². The van der Waals surface area contributed by atoms with Crippen LogP contribution in [-0.2, 0) is 5.75 Å². The van der Waals surface area contributed by atoms with Crippen LogP contribution >= 0.6 is 11.8 Å². The first kappa shape index (κ1) is 13.8. The first-order valence-electron chi connectivity index (χ1n) is 6.82. The van der Waals surface area contributed by atoms with E-state index in [0.29, 0.717) is 5.65 Å². The van der Waals surface area contributed by atoms with Crippen molar-refractivity contribution in [1.29, 1.82) is 0 Å². The third-order valence-corrected chi connectivity index (χ3v) is 3.96. The fourth-order valence-electron chi connectivity index (χ4n) is 1.93. The average molecular weight is 300 g/mol. The molecule has 0 unspecified atom stereocenters. The molecule has 0 aromatic carbocycles. The molecule has 3 rings (SSSR count). The number of nitrogens with one attached hydrogen (secondary N) is 2. The number of fused-ring (bicyclic) bond motifs is 1. The standard InChI is InChI=1S/C14H16N6S/c1-2-4-15-10-3-5-16-11(6-10)7-21-14-12-13(18-8-17-12)19-9-20-14/h3,5-6,8-9H,2,4,7H2,1H3,(H,15,16)(H,17,18,19,20). The summed E-state index contributed by atoms with van der Waals surface area (Å²) in [5.41, 5.74) is 3.70. The number of pyridine rings is 1. The number of rotatable bonds is 6. The lowest BCUT2D eigenvalue weighted by Gasteiger charge is -2.06. The molecular weight excluding hydrogens is 284 g/mol. The van der Waals surface area contributed by atoms with Gasteiger partial charge in [0.25, 0.3) is 0 Å². The summed E-state index contributed by atoms with van der Waals surface area (Å²) in [6, 6.07) is 4.07. The Morgan fingerprint density at radius 3 is 3.10 bits per heavy atom. The molecule has 0 atom stereocenters.